The van der Waals surface area contributed by atoms with Gasteiger partial charge in [-0.05, 0) is 37.5 Å². The lowest BCUT2D eigenvalue weighted by Crippen LogP contribution is -2.52. The number of benzene rings is 1. The number of thioether (sulfide) groups is 1. The molecular formula is C16H19N3O2S. The van der Waals surface area contributed by atoms with Gasteiger partial charge in [-0.15, -0.1) is 18.3 Å². The molecular weight excluding hydrogens is 298 g/mol. The molecule has 0 spiro atoms. The third-order valence-electron chi connectivity index (χ3n) is 3.85. The van der Waals surface area contributed by atoms with Gasteiger partial charge in [0.25, 0.3) is 5.91 Å². The van der Waals surface area contributed by atoms with Crippen molar-refractivity contribution in [1.29, 1.82) is 0 Å². The molecule has 3 rings (SSSR count). The molecule has 1 fully saturated rings. The monoisotopic (exact) mass is 317 g/mol. The molecule has 2 atom stereocenters. The Hall–Kier alpha value is -1.95. The Kier molecular flexibility index (Phi) is 4.11. The Morgan fingerprint density at radius 3 is 2.86 bits per heavy atom. The van der Waals surface area contributed by atoms with Gasteiger partial charge in [-0.25, -0.2) is 0 Å². The van der Waals surface area contributed by atoms with Crippen molar-refractivity contribution in [1.82, 2.24) is 5.32 Å². The van der Waals surface area contributed by atoms with Crippen molar-refractivity contribution in [2.45, 2.75) is 35.6 Å². The van der Waals surface area contributed by atoms with E-state index in [1.165, 1.54) is 12.8 Å². The number of fused-ring (bicyclic) bond motifs is 1. The van der Waals surface area contributed by atoms with Crippen molar-refractivity contribution in [3.8, 4) is 0 Å². The van der Waals surface area contributed by atoms with E-state index >= 15 is 0 Å². The molecule has 6 heteroatoms. The van der Waals surface area contributed by atoms with Crippen LogP contribution in [0, 0.1) is 5.92 Å². The van der Waals surface area contributed by atoms with Gasteiger partial charge in [-0.3, -0.25) is 9.59 Å². The highest BCUT2D eigenvalue weighted by molar-refractivity contribution is 8.00. The summed E-state index contributed by atoms with van der Waals surface area (Å²) in [5.41, 5.74) is 6.78. The maximum Gasteiger partial charge on any atom is 0.255 e. The number of hydrogen-bond donors (Lipinski definition) is 3. The first-order valence-corrected chi connectivity index (χ1v) is 8.25. The Balaban J connectivity index is 1.81. The quantitative estimate of drug-likeness (QED) is 0.702. The van der Waals surface area contributed by atoms with Crippen LogP contribution in [-0.4, -0.2) is 23.2 Å². The van der Waals surface area contributed by atoms with E-state index in [0.29, 0.717) is 17.2 Å². The number of carbonyl (C=O) groups excluding carboxylic acids is 2. The first kappa shape index (κ1) is 15.0. The predicted octanol–water partition coefficient (Wildman–Crippen LogP) is 2.10. The van der Waals surface area contributed by atoms with Gasteiger partial charge in [0.1, 0.15) is 6.17 Å². The zero-order valence-electron chi connectivity index (χ0n) is 12.2. The lowest BCUT2D eigenvalue weighted by Gasteiger charge is -2.32. The van der Waals surface area contributed by atoms with Crippen LogP contribution in [0.2, 0.25) is 0 Å². The predicted molar refractivity (Wildman–Crippen MR) is 87.7 cm³/mol. The summed E-state index contributed by atoms with van der Waals surface area (Å²) in [7, 11) is 0. The minimum atomic E-state index is -0.518. The molecule has 1 aromatic rings. The molecule has 0 aromatic heterocycles. The smallest absolute Gasteiger partial charge is 0.255 e. The van der Waals surface area contributed by atoms with Crippen LogP contribution in [0.25, 0.3) is 0 Å². The van der Waals surface area contributed by atoms with E-state index in [9.17, 15) is 9.59 Å². The third-order valence-corrected chi connectivity index (χ3v) is 5.18. The summed E-state index contributed by atoms with van der Waals surface area (Å²) >= 11 is 1.81. The second-order valence-electron chi connectivity index (χ2n) is 5.65. The number of amides is 2. The first-order chi connectivity index (χ1) is 10.6. The summed E-state index contributed by atoms with van der Waals surface area (Å²) in [5.74, 6) is -1.15. The highest BCUT2D eigenvalue weighted by Crippen LogP contribution is 2.40. The molecule has 5 nitrogen and oxygen atoms in total. The first-order valence-electron chi connectivity index (χ1n) is 7.37. The normalized spacial score (nSPS) is 21.3. The van der Waals surface area contributed by atoms with E-state index in [2.05, 4.69) is 17.2 Å². The fourth-order valence-corrected chi connectivity index (χ4v) is 3.60. The van der Waals surface area contributed by atoms with Crippen LogP contribution in [0.1, 0.15) is 29.6 Å². The van der Waals surface area contributed by atoms with E-state index in [0.717, 1.165) is 10.6 Å². The number of rotatable bonds is 6. The largest absolute Gasteiger partial charge is 0.369 e. The molecule has 2 amide bonds. The van der Waals surface area contributed by atoms with Crippen molar-refractivity contribution in [3.05, 3.63) is 36.4 Å². The Morgan fingerprint density at radius 1 is 1.45 bits per heavy atom. The van der Waals surface area contributed by atoms with Crippen LogP contribution in [0.4, 0.5) is 5.69 Å². The molecule has 1 aliphatic carbocycles. The van der Waals surface area contributed by atoms with Crippen LogP contribution in [-0.2, 0) is 4.79 Å². The highest BCUT2D eigenvalue weighted by atomic mass is 32.2. The topological polar surface area (TPSA) is 84.2 Å². The van der Waals surface area contributed by atoms with Crippen molar-refractivity contribution in [2.75, 3.05) is 5.32 Å². The second-order valence-corrected chi connectivity index (χ2v) is 7.03. The van der Waals surface area contributed by atoms with Gasteiger partial charge in [0.2, 0.25) is 5.91 Å². The molecule has 1 aromatic carbocycles. The Bertz CT molecular complexity index is 628. The summed E-state index contributed by atoms with van der Waals surface area (Å²) in [6, 6.07) is 5.82. The average molecular weight is 317 g/mol. The SMILES string of the molecule is C=CCC(C(N)=O)C1NC(=O)c2cc(SC3CC3)ccc2N1. The molecule has 2 aliphatic rings. The molecule has 1 saturated carbocycles. The maximum absolute atomic E-state index is 12.3. The minimum Gasteiger partial charge on any atom is -0.369 e. The van der Waals surface area contributed by atoms with Gasteiger partial charge in [-0.1, -0.05) is 6.08 Å². The number of allylic oxidation sites excluding steroid dienone is 1. The molecule has 1 heterocycles. The molecule has 0 radical (unpaired) electrons. The lowest BCUT2D eigenvalue weighted by molar-refractivity contribution is -0.122. The van der Waals surface area contributed by atoms with Crippen LogP contribution < -0.4 is 16.4 Å². The van der Waals surface area contributed by atoms with Gasteiger partial charge < -0.3 is 16.4 Å². The molecule has 4 N–H and O–H groups in total. The van der Waals surface area contributed by atoms with Gasteiger partial charge in [0.05, 0.1) is 11.5 Å². The van der Waals surface area contributed by atoms with E-state index in [-0.39, 0.29) is 5.91 Å². The highest BCUT2D eigenvalue weighted by Gasteiger charge is 2.32. The Morgan fingerprint density at radius 2 is 2.23 bits per heavy atom. The summed E-state index contributed by atoms with van der Waals surface area (Å²) in [6.07, 6.45) is 4.04. The molecule has 0 saturated heterocycles. The van der Waals surface area contributed by atoms with Gasteiger partial charge >= 0.3 is 0 Å². The maximum atomic E-state index is 12.3. The number of primary amides is 1. The number of anilines is 1. The molecule has 116 valence electrons. The summed E-state index contributed by atoms with van der Waals surface area (Å²) in [6.45, 7) is 3.64. The molecule has 22 heavy (non-hydrogen) atoms. The Labute approximate surface area is 133 Å². The summed E-state index contributed by atoms with van der Waals surface area (Å²) in [4.78, 5) is 25.0. The number of nitrogens with one attached hydrogen (secondary N) is 2. The molecule has 1 aliphatic heterocycles. The number of carbonyl (C=O) groups is 2. The number of hydrogen-bond acceptors (Lipinski definition) is 4. The standard InChI is InChI=1S/C16H19N3O2S/c1-2-3-11(14(17)20)15-18-13-7-6-10(22-9-4-5-9)8-12(13)16(21)19-15/h2,6-9,11,15,18H,1,3-5H2,(H2,17,20)(H,19,21). The lowest BCUT2D eigenvalue weighted by atomic mass is 9.97. The van der Waals surface area contributed by atoms with Crippen LogP contribution in [0.3, 0.4) is 0 Å². The second kappa shape index (κ2) is 6.04. The fraction of sp³-hybridized carbons (Fsp3) is 0.375. The van der Waals surface area contributed by atoms with Crippen LogP contribution in [0.15, 0.2) is 35.7 Å². The van der Waals surface area contributed by atoms with Crippen LogP contribution >= 0.6 is 11.8 Å². The van der Waals surface area contributed by atoms with E-state index in [1.54, 1.807) is 6.08 Å². The van der Waals surface area contributed by atoms with Crippen molar-refractivity contribution < 1.29 is 9.59 Å². The zero-order valence-corrected chi connectivity index (χ0v) is 13.0. The third kappa shape index (κ3) is 3.11. The number of nitrogens with two attached hydrogens (primary N) is 1. The average Bonchev–Trinajstić information content (AvgIpc) is 3.29. The van der Waals surface area contributed by atoms with E-state index < -0.39 is 18.0 Å². The van der Waals surface area contributed by atoms with Gasteiger partial charge in [0, 0.05) is 15.8 Å². The van der Waals surface area contributed by atoms with Gasteiger partial charge in [0.15, 0.2) is 0 Å². The minimum absolute atomic E-state index is 0.174. The van der Waals surface area contributed by atoms with Crippen molar-refractivity contribution in [2.24, 2.45) is 11.7 Å². The van der Waals surface area contributed by atoms with E-state index in [4.69, 9.17) is 5.73 Å². The summed E-state index contributed by atoms with van der Waals surface area (Å²) < 4.78 is 0. The fourth-order valence-electron chi connectivity index (χ4n) is 2.51. The van der Waals surface area contributed by atoms with Crippen molar-refractivity contribution >= 4 is 29.3 Å². The van der Waals surface area contributed by atoms with Crippen molar-refractivity contribution in [3.63, 3.8) is 0 Å². The molecule has 0 bridgehead atoms. The van der Waals surface area contributed by atoms with Crippen LogP contribution in [0.5, 0.6) is 0 Å². The summed E-state index contributed by atoms with van der Waals surface area (Å²) in [5, 5.41) is 6.72. The van der Waals surface area contributed by atoms with E-state index in [1.807, 2.05) is 30.0 Å². The van der Waals surface area contributed by atoms with Gasteiger partial charge in [-0.2, -0.15) is 0 Å². The molecule has 2 unspecified atom stereocenters. The zero-order chi connectivity index (χ0) is 15.7.